The number of carbonyl (C=O) groups is 1. The van der Waals surface area contributed by atoms with Crippen molar-refractivity contribution < 1.29 is 23.7 Å². The molecule has 0 amide bonds. The summed E-state index contributed by atoms with van der Waals surface area (Å²) in [6.07, 6.45) is 3.62. The van der Waals surface area contributed by atoms with Crippen molar-refractivity contribution in [1.29, 1.82) is 0 Å². The predicted octanol–water partition coefficient (Wildman–Crippen LogP) is 3.04. The normalized spacial score (nSPS) is 16.0. The van der Waals surface area contributed by atoms with Crippen LogP contribution in [0.1, 0.15) is 34.7 Å². The second kappa shape index (κ2) is 8.64. The standard InChI is InChI=1S/C20H22N2O5/c1-24-15-7-4-13(5-8-15)12-27-18-11-17(20(23)26-3)21-19(22-18)14-6-9-16(10-14)25-2/h4-8,11,16H,9-10,12H2,1-3H3. The van der Waals surface area contributed by atoms with E-state index in [1.807, 2.05) is 30.3 Å². The largest absolute Gasteiger partial charge is 0.497 e. The number of rotatable bonds is 7. The molecule has 3 rings (SSSR count). The maximum atomic E-state index is 12.0. The number of carbonyl (C=O) groups excluding carboxylic acids is 1. The second-order valence-electron chi connectivity index (χ2n) is 6.07. The van der Waals surface area contributed by atoms with E-state index in [0.717, 1.165) is 23.3 Å². The van der Waals surface area contributed by atoms with E-state index in [1.54, 1.807) is 14.2 Å². The van der Waals surface area contributed by atoms with Gasteiger partial charge in [-0.05, 0) is 29.7 Å². The SMILES string of the molecule is COC(=O)c1cc(OCc2ccc(OC)cc2)nc(C2=CCC(OC)C2)n1. The minimum atomic E-state index is -0.533. The molecule has 1 aliphatic carbocycles. The quantitative estimate of drug-likeness (QED) is 0.693. The van der Waals surface area contributed by atoms with Crippen molar-refractivity contribution in [3.05, 3.63) is 53.5 Å². The molecule has 0 radical (unpaired) electrons. The topological polar surface area (TPSA) is 79.8 Å². The summed E-state index contributed by atoms with van der Waals surface area (Å²) >= 11 is 0. The predicted molar refractivity (Wildman–Crippen MR) is 98.7 cm³/mol. The summed E-state index contributed by atoms with van der Waals surface area (Å²) < 4.78 is 21.1. The summed E-state index contributed by atoms with van der Waals surface area (Å²) in [6.45, 7) is 0.306. The van der Waals surface area contributed by atoms with E-state index in [2.05, 4.69) is 9.97 Å². The molecule has 0 saturated heterocycles. The number of hydrogen-bond acceptors (Lipinski definition) is 7. The van der Waals surface area contributed by atoms with Gasteiger partial charge in [0.1, 0.15) is 12.4 Å². The lowest BCUT2D eigenvalue weighted by Crippen LogP contribution is -2.10. The van der Waals surface area contributed by atoms with E-state index in [-0.39, 0.29) is 11.8 Å². The van der Waals surface area contributed by atoms with Gasteiger partial charge in [-0.25, -0.2) is 9.78 Å². The lowest BCUT2D eigenvalue weighted by atomic mass is 10.2. The Morgan fingerprint density at radius 2 is 1.93 bits per heavy atom. The smallest absolute Gasteiger partial charge is 0.356 e. The summed E-state index contributed by atoms with van der Waals surface area (Å²) in [5, 5.41) is 0. The average molecular weight is 370 g/mol. The Kier molecular flexibility index (Phi) is 6.03. The molecule has 142 valence electrons. The molecule has 7 heteroatoms. The van der Waals surface area contributed by atoms with Gasteiger partial charge >= 0.3 is 5.97 Å². The molecule has 0 saturated carbocycles. The van der Waals surface area contributed by atoms with Gasteiger partial charge in [0.25, 0.3) is 0 Å². The van der Waals surface area contributed by atoms with Crippen LogP contribution in [0.15, 0.2) is 36.4 Å². The molecule has 1 atom stereocenters. The molecule has 0 bridgehead atoms. The fourth-order valence-corrected chi connectivity index (χ4v) is 2.78. The molecule has 0 aliphatic heterocycles. The van der Waals surface area contributed by atoms with Crippen molar-refractivity contribution in [3.63, 3.8) is 0 Å². The van der Waals surface area contributed by atoms with Crippen molar-refractivity contribution in [2.24, 2.45) is 0 Å². The second-order valence-corrected chi connectivity index (χ2v) is 6.07. The highest BCUT2D eigenvalue weighted by atomic mass is 16.5. The van der Waals surface area contributed by atoms with Crippen molar-refractivity contribution in [2.45, 2.75) is 25.6 Å². The molecule has 2 aromatic rings. The number of ether oxygens (including phenoxy) is 4. The highest BCUT2D eigenvalue weighted by Crippen LogP contribution is 2.29. The first-order chi connectivity index (χ1) is 13.1. The highest BCUT2D eigenvalue weighted by Gasteiger charge is 2.22. The molecule has 0 fully saturated rings. The maximum absolute atomic E-state index is 12.0. The van der Waals surface area contributed by atoms with Crippen LogP contribution in [-0.4, -0.2) is 43.4 Å². The average Bonchev–Trinajstić information content (AvgIpc) is 3.21. The Labute approximate surface area is 157 Å². The van der Waals surface area contributed by atoms with Gasteiger partial charge in [-0.2, -0.15) is 4.98 Å². The van der Waals surface area contributed by atoms with E-state index in [4.69, 9.17) is 18.9 Å². The van der Waals surface area contributed by atoms with Crippen LogP contribution in [0.3, 0.4) is 0 Å². The first kappa shape index (κ1) is 18.8. The third kappa shape index (κ3) is 4.62. The van der Waals surface area contributed by atoms with E-state index in [1.165, 1.54) is 13.2 Å². The van der Waals surface area contributed by atoms with Crippen LogP contribution in [0.25, 0.3) is 5.57 Å². The van der Waals surface area contributed by atoms with Gasteiger partial charge in [0.05, 0.1) is 20.3 Å². The van der Waals surface area contributed by atoms with Gasteiger partial charge in [-0.3, -0.25) is 0 Å². The molecular formula is C20H22N2O5. The summed E-state index contributed by atoms with van der Waals surface area (Å²) in [4.78, 5) is 20.8. The third-order valence-electron chi connectivity index (χ3n) is 4.34. The minimum Gasteiger partial charge on any atom is -0.497 e. The fourth-order valence-electron chi connectivity index (χ4n) is 2.78. The lowest BCUT2D eigenvalue weighted by Gasteiger charge is -2.11. The maximum Gasteiger partial charge on any atom is 0.356 e. The highest BCUT2D eigenvalue weighted by molar-refractivity contribution is 5.87. The van der Waals surface area contributed by atoms with Crippen molar-refractivity contribution >= 4 is 11.5 Å². The number of methoxy groups -OCH3 is 3. The van der Waals surface area contributed by atoms with Crippen LogP contribution < -0.4 is 9.47 Å². The Morgan fingerprint density at radius 3 is 2.56 bits per heavy atom. The monoisotopic (exact) mass is 370 g/mol. The van der Waals surface area contributed by atoms with Gasteiger partial charge < -0.3 is 18.9 Å². The Bertz CT molecular complexity index is 833. The lowest BCUT2D eigenvalue weighted by molar-refractivity contribution is 0.0593. The molecule has 1 unspecified atom stereocenters. The molecular weight excluding hydrogens is 348 g/mol. The Balaban J connectivity index is 1.80. The van der Waals surface area contributed by atoms with Crippen LogP contribution >= 0.6 is 0 Å². The number of aromatic nitrogens is 2. The Morgan fingerprint density at radius 1 is 1.15 bits per heavy atom. The molecule has 1 aliphatic rings. The van der Waals surface area contributed by atoms with E-state index < -0.39 is 5.97 Å². The summed E-state index contributed by atoms with van der Waals surface area (Å²) in [7, 11) is 4.61. The summed E-state index contributed by atoms with van der Waals surface area (Å²) in [6, 6.07) is 9.02. The Hall–Kier alpha value is -2.93. The van der Waals surface area contributed by atoms with Gasteiger partial charge in [0.2, 0.25) is 5.88 Å². The van der Waals surface area contributed by atoms with Crippen molar-refractivity contribution in [1.82, 2.24) is 9.97 Å². The van der Waals surface area contributed by atoms with Gasteiger partial charge in [-0.15, -0.1) is 0 Å². The molecule has 7 nitrogen and oxygen atoms in total. The number of esters is 1. The van der Waals surface area contributed by atoms with Crippen LogP contribution in [0.4, 0.5) is 0 Å². The summed E-state index contributed by atoms with van der Waals surface area (Å²) in [5.41, 5.74) is 2.05. The van der Waals surface area contributed by atoms with Gasteiger partial charge in [0.15, 0.2) is 11.5 Å². The van der Waals surface area contributed by atoms with Crippen LogP contribution in [0.2, 0.25) is 0 Å². The molecule has 0 spiro atoms. The van der Waals surface area contributed by atoms with Crippen LogP contribution in [0, 0.1) is 0 Å². The summed E-state index contributed by atoms with van der Waals surface area (Å²) in [5.74, 6) is 1.02. The molecule has 1 aromatic heterocycles. The number of nitrogens with zero attached hydrogens (tertiary/aromatic N) is 2. The van der Waals surface area contributed by atoms with Crippen molar-refractivity contribution in [3.8, 4) is 11.6 Å². The van der Waals surface area contributed by atoms with Crippen LogP contribution in [0.5, 0.6) is 11.6 Å². The molecule has 1 heterocycles. The fraction of sp³-hybridized carbons (Fsp3) is 0.350. The van der Waals surface area contributed by atoms with Crippen LogP contribution in [-0.2, 0) is 16.1 Å². The molecule has 0 N–H and O–H groups in total. The molecule has 1 aromatic carbocycles. The molecule has 27 heavy (non-hydrogen) atoms. The van der Waals surface area contributed by atoms with Gasteiger partial charge in [-0.1, -0.05) is 18.2 Å². The zero-order valence-corrected chi connectivity index (χ0v) is 15.6. The first-order valence-corrected chi connectivity index (χ1v) is 8.58. The van der Waals surface area contributed by atoms with E-state index in [0.29, 0.717) is 24.7 Å². The minimum absolute atomic E-state index is 0.106. The number of benzene rings is 1. The van der Waals surface area contributed by atoms with Crippen molar-refractivity contribution in [2.75, 3.05) is 21.3 Å². The third-order valence-corrected chi connectivity index (χ3v) is 4.34. The van der Waals surface area contributed by atoms with Gasteiger partial charge in [0, 0.05) is 19.6 Å². The van der Waals surface area contributed by atoms with E-state index >= 15 is 0 Å². The zero-order valence-electron chi connectivity index (χ0n) is 15.6. The zero-order chi connectivity index (χ0) is 19.2. The first-order valence-electron chi connectivity index (χ1n) is 8.58. The number of hydrogen-bond donors (Lipinski definition) is 0. The van der Waals surface area contributed by atoms with E-state index in [9.17, 15) is 4.79 Å².